The van der Waals surface area contributed by atoms with Gasteiger partial charge in [-0.1, -0.05) is 18.2 Å². The number of amides is 1. The van der Waals surface area contributed by atoms with Crippen molar-refractivity contribution in [2.45, 2.75) is 64.6 Å². The van der Waals surface area contributed by atoms with E-state index in [2.05, 4.69) is 0 Å². The number of esters is 1. The monoisotopic (exact) mass is 303 g/mol. The van der Waals surface area contributed by atoms with Crippen LogP contribution in [0.3, 0.4) is 0 Å². The highest BCUT2D eigenvalue weighted by molar-refractivity contribution is 5.95. The van der Waals surface area contributed by atoms with Crippen LogP contribution < -0.4 is 0 Å². The second kappa shape index (κ2) is 5.75. The summed E-state index contributed by atoms with van der Waals surface area (Å²) in [7, 11) is 0. The summed E-state index contributed by atoms with van der Waals surface area (Å²) in [6, 6.07) is 9.33. The first-order valence-electron chi connectivity index (χ1n) is 7.70. The molecular weight excluding hydrogens is 278 g/mol. The first-order chi connectivity index (χ1) is 10.1. The fourth-order valence-electron chi connectivity index (χ4n) is 3.77. The SMILES string of the molecule is CC(=O)OC1CC(C)(C)N(C(=O)c2ccccc2)C(C)(C)C1. The Labute approximate surface area is 132 Å². The zero-order chi connectivity index (χ0) is 16.5. The van der Waals surface area contributed by atoms with Gasteiger partial charge in [-0.2, -0.15) is 0 Å². The molecule has 1 aromatic carbocycles. The smallest absolute Gasteiger partial charge is 0.302 e. The molecule has 1 aliphatic rings. The normalized spacial score (nSPS) is 20.5. The van der Waals surface area contributed by atoms with Gasteiger partial charge >= 0.3 is 5.97 Å². The quantitative estimate of drug-likeness (QED) is 0.787. The van der Waals surface area contributed by atoms with Gasteiger partial charge in [0.15, 0.2) is 0 Å². The standard InChI is InChI=1S/C18H25NO3/c1-13(20)22-15-11-17(2,3)19(18(4,5)12-15)16(21)14-9-7-6-8-10-14/h6-10,15H,11-12H2,1-5H3. The lowest BCUT2D eigenvalue weighted by molar-refractivity contribution is -0.154. The van der Waals surface area contributed by atoms with E-state index in [1.807, 2.05) is 62.9 Å². The molecule has 0 bridgehead atoms. The number of carbonyl (C=O) groups is 2. The molecule has 1 aromatic rings. The van der Waals surface area contributed by atoms with E-state index >= 15 is 0 Å². The Morgan fingerprint density at radius 1 is 1.05 bits per heavy atom. The molecule has 1 aliphatic heterocycles. The van der Waals surface area contributed by atoms with Crippen LogP contribution in [0.2, 0.25) is 0 Å². The van der Waals surface area contributed by atoms with E-state index < -0.39 is 0 Å². The summed E-state index contributed by atoms with van der Waals surface area (Å²) in [6.07, 6.45) is 1.14. The predicted molar refractivity (Wildman–Crippen MR) is 85.6 cm³/mol. The Balaban J connectivity index is 2.31. The molecule has 4 heteroatoms. The molecular formula is C18H25NO3. The van der Waals surface area contributed by atoms with Crippen molar-refractivity contribution in [1.29, 1.82) is 0 Å². The highest BCUT2D eigenvalue weighted by Crippen LogP contribution is 2.40. The zero-order valence-electron chi connectivity index (χ0n) is 14.1. The number of carbonyl (C=O) groups excluding carboxylic acids is 2. The van der Waals surface area contributed by atoms with Crippen LogP contribution in [-0.4, -0.2) is 34.0 Å². The molecule has 0 saturated carbocycles. The van der Waals surface area contributed by atoms with E-state index in [9.17, 15) is 9.59 Å². The number of nitrogens with zero attached hydrogens (tertiary/aromatic N) is 1. The van der Waals surface area contributed by atoms with Gasteiger partial charge in [0.25, 0.3) is 5.91 Å². The molecule has 2 rings (SSSR count). The number of piperidine rings is 1. The average Bonchev–Trinajstić information content (AvgIpc) is 2.35. The van der Waals surface area contributed by atoms with Crippen molar-refractivity contribution in [1.82, 2.24) is 4.90 Å². The van der Waals surface area contributed by atoms with Crippen LogP contribution in [0.4, 0.5) is 0 Å². The molecule has 1 amide bonds. The van der Waals surface area contributed by atoms with Crippen molar-refractivity contribution in [3.05, 3.63) is 35.9 Å². The third-order valence-electron chi connectivity index (χ3n) is 4.22. The lowest BCUT2D eigenvalue weighted by Crippen LogP contribution is -2.64. The highest BCUT2D eigenvalue weighted by atomic mass is 16.5. The maximum absolute atomic E-state index is 13.0. The third kappa shape index (κ3) is 3.32. The molecule has 0 atom stereocenters. The zero-order valence-corrected chi connectivity index (χ0v) is 14.1. The van der Waals surface area contributed by atoms with Crippen LogP contribution in [0, 0.1) is 0 Å². The van der Waals surface area contributed by atoms with Gasteiger partial charge in [0.2, 0.25) is 0 Å². The van der Waals surface area contributed by atoms with Gasteiger partial charge < -0.3 is 9.64 Å². The third-order valence-corrected chi connectivity index (χ3v) is 4.22. The fourth-order valence-corrected chi connectivity index (χ4v) is 3.77. The van der Waals surface area contributed by atoms with Crippen LogP contribution in [0.25, 0.3) is 0 Å². The molecule has 1 heterocycles. The number of benzene rings is 1. The van der Waals surface area contributed by atoms with Crippen LogP contribution in [-0.2, 0) is 9.53 Å². The highest BCUT2D eigenvalue weighted by Gasteiger charge is 2.48. The molecule has 0 unspecified atom stereocenters. The van der Waals surface area contributed by atoms with Crippen molar-refractivity contribution < 1.29 is 14.3 Å². The summed E-state index contributed by atoms with van der Waals surface area (Å²) >= 11 is 0. The minimum Gasteiger partial charge on any atom is -0.462 e. The molecule has 0 aromatic heterocycles. The number of hydrogen-bond donors (Lipinski definition) is 0. The second-order valence-corrected chi connectivity index (χ2v) is 7.27. The van der Waals surface area contributed by atoms with E-state index in [0.29, 0.717) is 18.4 Å². The molecule has 120 valence electrons. The van der Waals surface area contributed by atoms with E-state index in [1.54, 1.807) is 0 Å². The molecule has 1 fully saturated rings. The molecule has 0 N–H and O–H groups in total. The van der Waals surface area contributed by atoms with Gasteiger partial charge in [-0.05, 0) is 39.8 Å². The largest absolute Gasteiger partial charge is 0.462 e. The Bertz CT molecular complexity index is 545. The van der Waals surface area contributed by atoms with Gasteiger partial charge in [-0.25, -0.2) is 0 Å². The first-order valence-corrected chi connectivity index (χ1v) is 7.70. The summed E-state index contributed by atoms with van der Waals surface area (Å²) in [4.78, 5) is 26.2. The second-order valence-electron chi connectivity index (χ2n) is 7.27. The Kier molecular flexibility index (Phi) is 4.32. The van der Waals surface area contributed by atoms with Crippen molar-refractivity contribution in [3.8, 4) is 0 Å². The number of ether oxygens (including phenoxy) is 1. The molecule has 1 saturated heterocycles. The number of rotatable bonds is 2. The van der Waals surface area contributed by atoms with E-state index in [0.717, 1.165) is 0 Å². The maximum atomic E-state index is 13.0. The van der Waals surface area contributed by atoms with Gasteiger partial charge in [-0.3, -0.25) is 9.59 Å². The van der Waals surface area contributed by atoms with Crippen LogP contribution in [0.5, 0.6) is 0 Å². The Morgan fingerprint density at radius 2 is 1.55 bits per heavy atom. The number of hydrogen-bond acceptors (Lipinski definition) is 3. The molecule has 4 nitrogen and oxygen atoms in total. The Morgan fingerprint density at radius 3 is 2.00 bits per heavy atom. The minimum atomic E-state index is -0.380. The lowest BCUT2D eigenvalue weighted by Gasteiger charge is -2.54. The predicted octanol–water partition coefficient (Wildman–Crippen LogP) is 3.41. The van der Waals surface area contributed by atoms with Gasteiger partial charge in [-0.15, -0.1) is 0 Å². The summed E-state index contributed by atoms with van der Waals surface area (Å²) in [5, 5.41) is 0. The molecule has 0 spiro atoms. The van der Waals surface area contributed by atoms with Crippen molar-refractivity contribution in [2.75, 3.05) is 0 Å². The van der Waals surface area contributed by atoms with Crippen molar-refractivity contribution in [3.63, 3.8) is 0 Å². The summed E-state index contributed by atoms with van der Waals surface area (Å²) in [5.74, 6) is -0.240. The summed E-state index contributed by atoms with van der Waals surface area (Å²) in [6.45, 7) is 9.56. The maximum Gasteiger partial charge on any atom is 0.302 e. The van der Waals surface area contributed by atoms with E-state index in [1.165, 1.54) is 6.92 Å². The Hall–Kier alpha value is -1.84. The topological polar surface area (TPSA) is 46.6 Å². The lowest BCUT2D eigenvalue weighted by atomic mass is 9.77. The van der Waals surface area contributed by atoms with E-state index in [4.69, 9.17) is 4.74 Å². The molecule has 0 aliphatic carbocycles. The molecule has 22 heavy (non-hydrogen) atoms. The van der Waals surface area contributed by atoms with Gasteiger partial charge in [0.1, 0.15) is 6.10 Å². The van der Waals surface area contributed by atoms with Crippen molar-refractivity contribution in [2.24, 2.45) is 0 Å². The van der Waals surface area contributed by atoms with Gasteiger partial charge in [0.05, 0.1) is 0 Å². The fraction of sp³-hybridized carbons (Fsp3) is 0.556. The van der Waals surface area contributed by atoms with Gasteiger partial charge in [0, 0.05) is 36.4 Å². The van der Waals surface area contributed by atoms with Crippen LogP contribution >= 0.6 is 0 Å². The molecule has 0 radical (unpaired) electrons. The first kappa shape index (κ1) is 16.5. The summed E-state index contributed by atoms with van der Waals surface area (Å²) < 4.78 is 5.42. The summed E-state index contributed by atoms with van der Waals surface area (Å²) in [5.41, 5.74) is -0.0709. The van der Waals surface area contributed by atoms with Crippen LogP contribution in [0.15, 0.2) is 30.3 Å². The average molecular weight is 303 g/mol. The number of likely N-dealkylation sites (tertiary alicyclic amines) is 1. The van der Waals surface area contributed by atoms with E-state index in [-0.39, 0.29) is 29.1 Å². The van der Waals surface area contributed by atoms with Crippen LogP contribution in [0.1, 0.15) is 57.8 Å². The minimum absolute atomic E-state index is 0.0249. The van der Waals surface area contributed by atoms with Crippen molar-refractivity contribution >= 4 is 11.9 Å².